The molecule has 2 aromatic rings. The number of carbonyl (C=O) groups is 2. The van der Waals surface area contributed by atoms with Gasteiger partial charge in [-0.3, -0.25) is 9.59 Å². The summed E-state index contributed by atoms with van der Waals surface area (Å²) in [6.07, 6.45) is 0.918. The smallest absolute Gasteiger partial charge is 0.224 e. The molecule has 1 aliphatic carbocycles. The quantitative estimate of drug-likeness (QED) is 0.892. The second kappa shape index (κ2) is 6.65. The Hall–Kier alpha value is -2.62. The second-order valence-corrected chi connectivity index (χ2v) is 5.96. The van der Waals surface area contributed by atoms with Crippen LogP contribution in [0.1, 0.15) is 30.4 Å². The molecule has 0 spiro atoms. The number of nitrogens with one attached hydrogen (secondary N) is 2. The summed E-state index contributed by atoms with van der Waals surface area (Å²) < 4.78 is 0. The number of rotatable bonds is 5. The van der Waals surface area contributed by atoms with Crippen LogP contribution in [0.4, 0.5) is 5.69 Å². The highest BCUT2D eigenvalue weighted by Gasteiger charge is 2.43. The zero-order valence-corrected chi connectivity index (χ0v) is 13.1. The molecule has 0 aromatic heterocycles. The summed E-state index contributed by atoms with van der Waals surface area (Å²) in [5, 5.41) is 5.73. The summed E-state index contributed by atoms with van der Waals surface area (Å²) in [4.78, 5) is 23.3. The molecule has 0 bridgehead atoms. The largest absolute Gasteiger partial charge is 0.352 e. The lowest BCUT2D eigenvalue weighted by molar-refractivity contribution is -0.122. The van der Waals surface area contributed by atoms with Gasteiger partial charge in [0.05, 0.1) is 0 Å². The predicted molar refractivity (Wildman–Crippen MR) is 89.9 cm³/mol. The van der Waals surface area contributed by atoms with E-state index in [0.29, 0.717) is 12.5 Å². The lowest BCUT2D eigenvalue weighted by Gasteiger charge is -2.08. The number of hydrogen-bond acceptors (Lipinski definition) is 2. The normalized spacial score (nSPS) is 19.0. The molecule has 2 N–H and O–H groups in total. The Labute approximate surface area is 135 Å². The molecule has 4 heteroatoms. The van der Waals surface area contributed by atoms with E-state index in [4.69, 9.17) is 0 Å². The van der Waals surface area contributed by atoms with Crippen LogP contribution < -0.4 is 10.6 Å². The fraction of sp³-hybridized carbons (Fsp3) is 0.263. The van der Waals surface area contributed by atoms with Crippen LogP contribution in [-0.2, 0) is 16.1 Å². The van der Waals surface area contributed by atoms with Crippen molar-refractivity contribution in [2.24, 2.45) is 5.92 Å². The molecule has 2 amide bonds. The van der Waals surface area contributed by atoms with Gasteiger partial charge in [-0.25, -0.2) is 0 Å². The first kappa shape index (κ1) is 15.3. The third-order valence-corrected chi connectivity index (χ3v) is 4.07. The topological polar surface area (TPSA) is 58.2 Å². The standard InChI is InChI=1S/C19H20N2O2/c1-13(22)21-16-9-5-6-14(10-16)12-20-19(23)18-11-17(18)15-7-3-2-4-8-15/h2-10,17-18H,11-12H2,1H3,(H,20,23)(H,21,22)/t17-,18+/m1/s1. The molecule has 0 aliphatic heterocycles. The van der Waals surface area contributed by atoms with Crippen LogP contribution in [0.3, 0.4) is 0 Å². The molecular weight excluding hydrogens is 288 g/mol. The van der Waals surface area contributed by atoms with E-state index in [1.165, 1.54) is 12.5 Å². The molecule has 3 rings (SSSR count). The van der Waals surface area contributed by atoms with Crippen LogP contribution in [0.2, 0.25) is 0 Å². The van der Waals surface area contributed by atoms with Crippen molar-refractivity contribution in [3.63, 3.8) is 0 Å². The molecule has 0 radical (unpaired) electrons. The van der Waals surface area contributed by atoms with Crippen LogP contribution in [0.15, 0.2) is 54.6 Å². The first-order valence-corrected chi connectivity index (χ1v) is 7.82. The van der Waals surface area contributed by atoms with Crippen molar-refractivity contribution in [1.82, 2.24) is 5.32 Å². The highest BCUT2D eigenvalue weighted by molar-refractivity contribution is 5.88. The van der Waals surface area contributed by atoms with Crippen molar-refractivity contribution in [1.29, 1.82) is 0 Å². The highest BCUT2D eigenvalue weighted by Crippen LogP contribution is 2.47. The molecule has 0 heterocycles. The fourth-order valence-corrected chi connectivity index (χ4v) is 2.84. The molecule has 2 aromatic carbocycles. The van der Waals surface area contributed by atoms with Gasteiger partial charge >= 0.3 is 0 Å². The summed E-state index contributed by atoms with van der Waals surface area (Å²) in [6, 6.07) is 17.7. The Bertz CT molecular complexity index is 712. The van der Waals surface area contributed by atoms with Gasteiger partial charge in [-0.2, -0.15) is 0 Å². The first-order chi connectivity index (χ1) is 11.1. The van der Waals surface area contributed by atoms with Crippen molar-refractivity contribution in [2.45, 2.75) is 25.8 Å². The Morgan fingerprint density at radius 3 is 2.61 bits per heavy atom. The Kier molecular flexibility index (Phi) is 4.42. The van der Waals surface area contributed by atoms with E-state index >= 15 is 0 Å². The molecule has 2 atom stereocenters. The van der Waals surface area contributed by atoms with Gasteiger partial charge in [-0.1, -0.05) is 42.5 Å². The number of carbonyl (C=O) groups excluding carboxylic acids is 2. The zero-order valence-electron chi connectivity index (χ0n) is 13.1. The Balaban J connectivity index is 1.53. The zero-order chi connectivity index (χ0) is 16.2. The number of amides is 2. The number of benzene rings is 2. The van der Waals surface area contributed by atoms with Crippen LogP contribution in [0, 0.1) is 5.92 Å². The van der Waals surface area contributed by atoms with E-state index in [0.717, 1.165) is 17.7 Å². The lowest BCUT2D eigenvalue weighted by Crippen LogP contribution is -2.24. The van der Waals surface area contributed by atoms with Gasteiger partial charge in [0.1, 0.15) is 0 Å². The van der Waals surface area contributed by atoms with E-state index in [1.807, 2.05) is 42.5 Å². The maximum atomic E-state index is 12.2. The van der Waals surface area contributed by atoms with Gasteiger partial charge in [0, 0.05) is 25.1 Å². The Morgan fingerprint density at radius 1 is 1.09 bits per heavy atom. The van der Waals surface area contributed by atoms with Gasteiger partial charge < -0.3 is 10.6 Å². The van der Waals surface area contributed by atoms with Crippen LogP contribution >= 0.6 is 0 Å². The fourth-order valence-electron chi connectivity index (χ4n) is 2.84. The van der Waals surface area contributed by atoms with Crippen molar-refractivity contribution >= 4 is 17.5 Å². The van der Waals surface area contributed by atoms with Crippen LogP contribution in [0.5, 0.6) is 0 Å². The van der Waals surface area contributed by atoms with Gasteiger partial charge in [-0.15, -0.1) is 0 Å². The van der Waals surface area contributed by atoms with Gasteiger partial charge in [-0.05, 0) is 35.6 Å². The minimum Gasteiger partial charge on any atom is -0.352 e. The van der Waals surface area contributed by atoms with Crippen molar-refractivity contribution in [3.8, 4) is 0 Å². The maximum Gasteiger partial charge on any atom is 0.224 e. The molecule has 1 saturated carbocycles. The van der Waals surface area contributed by atoms with Crippen molar-refractivity contribution in [2.75, 3.05) is 5.32 Å². The van der Waals surface area contributed by atoms with Crippen LogP contribution in [0.25, 0.3) is 0 Å². The lowest BCUT2D eigenvalue weighted by atomic mass is 10.1. The minimum absolute atomic E-state index is 0.0796. The van der Waals surface area contributed by atoms with Gasteiger partial charge in [0.2, 0.25) is 11.8 Å². The summed E-state index contributed by atoms with van der Waals surface area (Å²) in [7, 11) is 0. The third kappa shape index (κ3) is 3.97. The number of hydrogen-bond donors (Lipinski definition) is 2. The molecule has 1 aliphatic rings. The van der Waals surface area contributed by atoms with Crippen molar-refractivity contribution < 1.29 is 9.59 Å². The molecule has 118 valence electrons. The van der Waals surface area contributed by atoms with E-state index in [-0.39, 0.29) is 17.7 Å². The molecule has 0 saturated heterocycles. The van der Waals surface area contributed by atoms with E-state index in [1.54, 1.807) is 0 Å². The average Bonchev–Trinajstić information content (AvgIpc) is 3.34. The number of anilines is 1. The molecular formula is C19H20N2O2. The molecule has 1 fully saturated rings. The maximum absolute atomic E-state index is 12.2. The minimum atomic E-state index is -0.102. The average molecular weight is 308 g/mol. The summed E-state index contributed by atoms with van der Waals surface area (Å²) in [5.74, 6) is 0.427. The molecule has 4 nitrogen and oxygen atoms in total. The van der Waals surface area contributed by atoms with E-state index in [2.05, 4.69) is 22.8 Å². The Morgan fingerprint density at radius 2 is 1.87 bits per heavy atom. The monoisotopic (exact) mass is 308 g/mol. The summed E-state index contributed by atoms with van der Waals surface area (Å²) in [6.45, 7) is 1.95. The molecule has 0 unspecified atom stereocenters. The first-order valence-electron chi connectivity index (χ1n) is 7.82. The SMILES string of the molecule is CC(=O)Nc1cccc(CNC(=O)[C@H]2C[C@@H]2c2ccccc2)c1. The van der Waals surface area contributed by atoms with E-state index in [9.17, 15) is 9.59 Å². The predicted octanol–water partition coefficient (Wildman–Crippen LogP) is 3.06. The van der Waals surface area contributed by atoms with Gasteiger partial charge in [0.25, 0.3) is 0 Å². The van der Waals surface area contributed by atoms with E-state index < -0.39 is 0 Å². The van der Waals surface area contributed by atoms with Crippen LogP contribution in [-0.4, -0.2) is 11.8 Å². The highest BCUT2D eigenvalue weighted by atomic mass is 16.2. The summed E-state index contributed by atoms with van der Waals surface area (Å²) in [5.41, 5.74) is 2.96. The molecule has 23 heavy (non-hydrogen) atoms. The third-order valence-electron chi connectivity index (χ3n) is 4.07. The van der Waals surface area contributed by atoms with Crippen molar-refractivity contribution in [3.05, 3.63) is 65.7 Å². The summed E-state index contributed by atoms with van der Waals surface area (Å²) >= 11 is 0. The second-order valence-electron chi connectivity index (χ2n) is 5.96. The van der Waals surface area contributed by atoms with Gasteiger partial charge in [0.15, 0.2) is 0 Å².